The minimum Gasteiger partial charge on any atom is -0.504 e. The Morgan fingerprint density at radius 2 is 1.70 bits per heavy atom. The highest BCUT2D eigenvalue weighted by molar-refractivity contribution is 6.05. The molecule has 4 aliphatic rings. The van der Waals surface area contributed by atoms with E-state index in [2.05, 4.69) is 44.1 Å². The molecular formula is C23H27N5O2. The SMILES string of the molecule is CCOc1cc(/C=N/N=C(/c2ccccc2)C23CN4CN(CN(C4)C2)C3)ccc1O. The molecular weight excluding hydrogens is 378 g/mol. The Hall–Kier alpha value is -2.74. The van der Waals surface area contributed by atoms with E-state index < -0.39 is 0 Å². The van der Waals surface area contributed by atoms with Gasteiger partial charge >= 0.3 is 0 Å². The highest BCUT2D eigenvalue weighted by Crippen LogP contribution is 2.38. The summed E-state index contributed by atoms with van der Waals surface area (Å²) < 4.78 is 5.47. The highest BCUT2D eigenvalue weighted by atomic mass is 16.5. The number of ether oxygens (including phenoxy) is 1. The monoisotopic (exact) mass is 405 g/mol. The molecule has 0 amide bonds. The molecule has 4 fully saturated rings. The van der Waals surface area contributed by atoms with E-state index in [-0.39, 0.29) is 11.2 Å². The number of phenols is 1. The van der Waals surface area contributed by atoms with Crippen LogP contribution in [0.2, 0.25) is 0 Å². The molecule has 2 aromatic carbocycles. The highest BCUT2D eigenvalue weighted by Gasteiger charge is 2.51. The van der Waals surface area contributed by atoms with Crippen LogP contribution >= 0.6 is 0 Å². The lowest BCUT2D eigenvalue weighted by Gasteiger charge is -2.60. The van der Waals surface area contributed by atoms with Crippen molar-refractivity contribution < 1.29 is 9.84 Å². The summed E-state index contributed by atoms with van der Waals surface area (Å²) in [4.78, 5) is 7.48. The Kier molecular flexibility index (Phi) is 5.02. The van der Waals surface area contributed by atoms with Gasteiger partial charge in [0.15, 0.2) is 11.5 Å². The largest absolute Gasteiger partial charge is 0.504 e. The normalized spacial score (nSPS) is 30.2. The molecule has 4 saturated heterocycles. The van der Waals surface area contributed by atoms with Gasteiger partial charge in [-0.3, -0.25) is 14.7 Å². The first-order chi connectivity index (χ1) is 14.6. The molecule has 1 N–H and O–H groups in total. The maximum atomic E-state index is 9.91. The Bertz CT molecular complexity index is 938. The second kappa shape index (κ2) is 7.83. The van der Waals surface area contributed by atoms with Crippen LogP contribution in [0.5, 0.6) is 11.5 Å². The molecule has 0 spiro atoms. The van der Waals surface area contributed by atoms with Crippen LogP contribution in [0.25, 0.3) is 0 Å². The first-order valence-electron chi connectivity index (χ1n) is 10.4. The zero-order valence-corrected chi connectivity index (χ0v) is 17.2. The van der Waals surface area contributed by atoms with Crippen LogP contribution in [0.4, 0.5) is 0 Å². The summed E-state index contributed by atoms with van der Waals surface area (Å²) in [5.74, 6) is 0.594. The topological polar surface area (TPSA) is 63.9 Å². The first-order valence-corrected chi connectivity index (χ1v) is 10.4. The Balaban J connectivity index is 1.48. The number of rotatable bonds is 6. The van der Waals surface area contributed by atoms with Crippen LogP contribution in [-0.2, 0) is 0 Å². The molecule has 0 saturated carbocycles. The molecule has 156 valence electrons. The number of nitrogens with zero attached hydrogens (tertiary/aromatic N) is 5. The lowest BCUT2D eigenvalue weighted by molar-refractivity contribution is -0.149. The van der Waals surface area contributed by atoms with Crippen molar-refractivity contribution in [2.24, 2.45) is 15.6 Å². The predicted octanol–water partition coefficient (Wildman–Crippen LogP) is 2.42. The summed E-state index contributed by atoms with van der Waals surface area (Å²) in [5.41, 5.74) is 2.97. The van der Waals surface area contributed by atoms with Gasteiger partial charge in [0.2, 0.25) is 0 Å². The molecule has 0 aromatic heterocycles. The van der Waals surface area contributed by atoms with E-state index >= 15 is 0 Å². The van der Waals surface area contributed by atoms with Gasteiger partial charge in [-0.25, -0.2) is 0 Å². The van der Waals surface area contributed by atoms with Crippen molar-refractivity contribution in [3.63, 3.8) is 0 Å². The van der Waals surface area contributed by atoms with Crippen LogP contribution in [0, 0.1) is 5.41 Å². The molecule has 0 unspecified atom stereocenters. The van der Waals surface area contributed by atoms with Crippen molar-refractivity contribution in [3.8, 4) is 11.5 Å². The summed E-state index contributed by atoms with van der Waals surface area (Å²) in [5, 5.41) is 19.2. The molecule has 0 aliphatic carbocycles. The van der Waals surface area contributed by atoms with E-state index in [1.807, 2.05) is 19.1 Å². The second-order valence-corrected chi connectivity index (χ2v) is 8.41. The van der Waals surface area contributed by atoms with Crippen molar-refractivity contribution in [1.29, 1.82) is 0 Å². The lowest BCUT2D eigenvalue weighted by atomic mass is 9.74. The molecule has 7 nitrogen and oxygen atoms in total. The molecule has 30 heavy (non-hydrogen) atoms. The molecule has 6 rings (SSSR count). The van der Waals surface area contributed by atoms with E-state index in [4.69, 9.17) is 9.84 Å². The second-order valence-electron chi connectivity index (χ2n) is 8.41. The van der Waals surface area contributed by atoms with E-state index in [1.165, 1.54) is 0 Å². The number of benzene rings is 2. The van der Waals surface area contributed by atoms with Gasteiger partial charge in [0.05, 0.1) is 44.0 Å². The van der Waals surface area contributed by atoms with Gasteiger partial charge < -0.3 is 9.84 Å². The van der Waals surface area contributed by atoms with E-state index in [0.717, 1.165) is 56.5 Å². The smallest absolute Gasteiger partial charge is 0.161 e. The molecule has 7 heteroatoms. The zero-order chi connectivity index (χ0) is 20.6. The average molecular weight is 406 g/mol. The predicted molar refractivity (Wildman–Crippen MR) is 117 cm³/mol. The average Bonchev–Trinajstić information content (AvgIpc) is 2.73. The quantitative estimate of drug-likeness (QED) is 0.591. The van der Waals surface area contributed by atoms with Crippen molar-refractivity contribution in [3.05, 3.63) is 59.7 Å². The van der Waals surface area contributed by atoms with E-state index in [0.29, 0.717) is 12.4 Å². The minimum absolute atomic E-state index is 0.0428. The Morgan fingerprint density at radius 3 is 2.33 bits per heavy atom. The molecule has 0 radical (unpaired) electrons. The van der Waals surface area contributed by atoms with E-state index in [9.17, 15) is 5.11 Å². The van der Waals surface area contributed by atoms with Gasteiger partial charge in [-0.1, -0.05) is 30.3 Å². The van der Waals surface area contributed by atoms with Gasteiger partial charge in [-0.15, -0.1) is 0 Å². The minimum atomic E-state index is -0.0428. The molecule has 4 heterocycles. The summed E-state index contributed by atoms with van der Waals surface area (Å²) in [7, 11) is 0. The fraction of sp³-hybridized carbons (Fsp3) is 0.391. The van der Waals surface area contributed by atoms with Gasteiger partial charge in [0.25, 0.3) is 0 Å². The summed E-state index contributed by atoms with van der Waals surface area (Å²) in [6.45, 7) is 8.54. The summed E-state index contributed by atoms with van der Waals surface area (Å²) in [6.07, 6.45) is 1.73. The van der Waals surface area contributed by atoms with Gasteiger partial charge in [-0.2, -0.15) is 10.2 Å². The van der Waals surface area contributed by atoms with Crippen LogP contribution in [0.3, 0.4) is 0 Å². The van der Waals surface area contributed by atoms with E-state index in [1.54, 1.807) is 18.3 Å². The molecule has 4 aliphatic heterocycles. The van der Waals surface area contributed by atoms with Gasteiger partial charge in [0, 0.05) is 19.6 Å². The lowest BCUT2D eigenvalue weighted by Crippen LogP contribution is -2.74. The van der Waals surface area contributed by atoms with Crippen molar-refractivity contribution >= 4 is 11.9 Å². The van der Waals surface area contributed by atoms with Gasteiger partial charge in [-0.05, 0) is 36.2 Å². The third-order valence-electron chi connectivity index (χ3n) is 5.98. The summed E-state index contributed by atoms with van der Waals surface area (Å²) in [6, 6.07) is 15.6. The molecule has 4 bridgehead atoms. The van der Waals surface area contributed by atoms with Crippen molar-refractivity contribution in [2.45, 2.75) is 6.92 Å². The fourth-order valence-electron chi connectivity index (χ4n) is 5.04. The molecule has 2 aromatic rings. The first kappa shape index (κ1) is 19.2. The number of hydrogen-bond donors (Lipinski definition) is 1. The third-order valence-corrected chi connectivity index (χ3v) is 5.98. The van der Waals surface area contributed by atoms with Crippen LogP contribution < -0.4 is 4.74 Å². The van der Waals surface area contributed by atoms with Crippen LogP contribution in [0.15, 0.2) is 58.7 Å². The molecule has 0 atom stereocenters. The van der Waals surface area contributed by atoms with Crippen LogP contribution in [0.1, 0.15) is 18.1 Å². The number of hydrogen-bond acceptors (Lipinski definition) is 7. The van der Waals surface area contributed by atoms with Gasteiger partial charge in [0.1, 0.15) is 0 Å². The summed E-state index contributed by atoms with van der Waals surface area (Å²) >= 11 is 0. The Morgan fingerprint density at radius 1 is 1.03 bits per heavy atom. The number of phenolic OH excluding ortho intramolecular Hbond substituents is 1. The van der Waals surface area contributed by atoms with Crippen molar-refractivity contribution in [1.82, 2.24) is 14.7 Å². The fourth-order valence-corrected chi connectivity index (χ4v) is 5.04. The third kappa shape index (κ3) is 3.60. The standard InChI is InChI=1S/C23H27N5O2/c1-2-30-21-10-18(8-9-20(21)29)11-24-25-22(19-6-4-3-5-7-19)23-12-26-15-27(13-23)17-28(14-23)16-26/h3-11,29H,2,12-17H2,1H3/b24-11+,25-22-. The van der Waals surface area contributed by atoms with Crippen LogP contribution in [-0.4, -0.2) is 78.0 Å². The Labute approximate surface area is 176 Å². The maximum absolute atomic E-state index is 9.91. The zero-order valence-electron chi connectivity index (χ0n) is 17.2. The number of aromatic hydroxyl groups is 1. The van der Waals surface area contributed by atoms with Crippen molar-refractivity contribution in [2.75, 3.05) is 46.2 Å². The maximum Gasteiger partial charge on any atom is 0.161 e.